The molecule has 2 aromatic rings. The molecular formula is C19H21N3O5. The van der Waals surface area contributed by atoms with Crippen LogP contribution < -0.4 is 20.3 Å². The van der Waals surface area contributed by atoms with Gasteiger partial charge in [0.15, 0.2) is 6.61 Å². The van der Waals surface area contributed by atoms with Gasteiger partial charge in [0.25, 0.3) is 11.8 Å². The van der Waals surface area contributed by atoms with Crippen molar-refractivity contribution >= 4 is 18.0 Å². The summed E-state index contributed by atoms with van der Waals surface area (Å²) in [5, 5.41) is 3.70. The Hall–Kier alpha value is -3.55. The number of hydrogen-bond acceptors (Lipinski definition) is 6. The quantitative estimate of drug-likeness (QED) is 0.546. The Labute approximate surface area is 157 Å². The first-order chi connectivity index (χ1) is 13.1. The molecule has 0 bridgehead atoms. The van der Waals surface area contributed by atoms with E-state index in [0.717, 1.165) is 11.3 Å². The SMILES string of the molecule is CCOc1ccc(C(=O)NNC(=O)CO/N=C\c2ccc(OC)cc2)cc1. The highest BCUT2D eigenvalue weighted by molar-refractivity contribution is 5.95. The van der Waals surface area contributed by atoms with Gasteiger partial charge in [0.1, 0.15) is 11.5 Å². The molecule has 0 aliphatic heterocycles. The van der Waals surface area contributed by atoms with E-state index in [4.69, 9.17) is 14.3 Å². The smallest absolute Gasteiger partial charge is 0.279 e. The molecule has 0 radical (unpaired) electrons. The standard InChI is InChI=1S/C19H21N3O5/c1-3-26-17-10-6-15(7-11-17)19(24)22-21-18(23)13-27-20-12-14-4-8-16(25-2)9-5-14/h4-12H,3,13H2,1-2H3,(H,21,23)(H,22,24)/b20-12-. The zero-order valence-corrected chi connectivity index (χ0v) is 15.1. The number of rotatable bonds is 8. The number of carbonyl (C=O) groups excluding carboxylic acids is 2. The van der Waals surface area contributed by atoms with E-state index in [-0.39, 0.29) is 6.61 Å². The molecule has 2 rings (SSSR count). The summed E-state index contributed by atoms with van der Waals surface area (Å²) in [6.45, 7) is 2.08. The van der Waals surface area contributed by atoms with E-state index in [0.29, 0.717) is 17.9 Å². The highest BCUT2D eigenvalue weighted by Gasteiger charge is 2.07. The Morgan fingerprint density at radius 3 is 2.30 bits per heavy atom. The maximum atomic E-state index is 11.9. The molecule has 2 N–H and O–H groups in total. The third-order valence-electron chi connectivity index (χ3n) is 3.33. The van der Waals surface area contributed by atoms with Gasteiger partial charge in [-0.05, 0) is 61.0 Å². The average molecular weight is 371 g/mol. The second-order valence-electron chi connectivity index (χ2n) is 5.24. The van der Waals surface area contributed by atoms with Gasteiger partial charge in [-0.3, -0.25) is 20.4 Å². The van der Waals surface area contributed by atoms with Crippen molar-refractivity contribution in [3.05, 3.63) is 59.7 Å². The molecule has 0 atom stereocenters. The minimum absolute atomic E-state index is 0.337. The van der Waals surface area contributed by atoms with Crippen molar-refractivity contribution in [1.29, 1.82) is 0 Å². The predicted octanol–water partition coefficient (Wildman–Crippen LogP) is 1.91. The zero-order valence-electron chi connectivity index (χ0n) is 15.1. The lowest BCUT2D eigenvalue weighted by atomic mass is 10.2. The first-order valence-corrected chi connectivity index (χ1v) is 8.23. The van der Waals surface area contributed by atoms with Crippen LogP contribution in [0.15, 0.2) is 53.7 Å². The molecule has 0 aromatic heterocycles. The number of benzene rings is 2. The van der Waals surface area contributed by atoms with Crippen molar-refractivity contribution in [3.63, 3.8) is 0 Å². The normalized spacial score (nSPS) is 10.3. The first kappa shape index (κ1) is 19.8. The summed E-state index contributed by atoms with van der Waals surface area (Å²) < 4.78 is 10.4. The number of oxime groups is 1. The van der Waals surface area contributed by atoms with Crippen LogP contribution in [0.3, 0.4) is 0 Å². The molecule has 0 heterocycles. The highest BCUT2D eigenvalue weighted by Crippen LogP contribution is 2.12. The van der Waals surface area contributed by atoms with Crippen LogP contribution in [0.5, 0.6) is 11.5 Å². The molecule has 8 nitrogen and oxygen atoms in total. The maximum Gasteiger partial charge on any atom is 0.279 e. The van der Waals surface area contributed by atoms with Crippen LogP contribution >= 0.6 is 0 Å². The van der Waals surface area contributed by atoms with Gasteiger partial charge in [0.2, 0.25) is 0 Å². The third-order valence-corrected chi connectivity index (χ3v) is 3.33. The summed E-state index contributed by atoms with van der Waals surface area (Å²) in [5.74, 6) is 0.409. The molecule has 0 fully saturated rings. The minimum Gasteiger partial charge on any atom is -0.497 e. The van der Waals surface area contributed by atoms with Crippen molar-refractivity contribution in [2.75, 3.05) is 20.3 Å². The van der Waals surface area contributed by atoms with Gasteiger partial charge in [0.05, 0.1) is 19.9 Å². The molecule has 2 aromatic carbocycles. The summed E-state index contributed by atoms with van der Waals surface area (Å²) >= 11 is 0. The van der Waals surface area contributed by atoms with Gasteiger partial charge >= 0.3 is 0 Å². The molecule has 142 valence electrons. The van der Waals surface area contributed by atoms with E-state index in [1.807, 2.05) is 6.92 Å². The van der Waals surface area contributed by atoms with Crippen LogP contribution in [0.1, 0.15) is 22.8 Å². The van der Waals surface area contributed by atoms with E-state index in [9.17, 15) is 9.59 Å². The Bertz CT molecular complexity index is 773. The lowest BCUT2D eigenvalue weighted by molar-refractivity contribution is -0.126. The lowest BCUT2D eigenvalue weighted by Crippen LogP contribution is -2.43. The van der Waals surface area contributed by atoms with Gasteiger partial charge in [-0.2, -0.15) is 0 Å². The Kier molecular flexibility index (Phi) is 7.65. The van der Waals surface area contributed by atoms with E-state index in [1.54, 1.807) is 55.6 Å². The van der Waals surface area contributed by atoms with Crippen molar-refractivity contribution in [1.82, 2.24) is 10.9 Å². The minimum atomic E-state index is -0.541. The van der Waals surface area contributed by atoms with Crippen LogP contribution in [0.2, 0.25) is 0 Å². The average Bonchev–Trinajstić information content (AvgIpc) is 2.70. The van der Waals surface area contributed by atoms with E-state index >= 15 is 0 Å². The Morgan fingerprint density at radius 2 is 1.67 bits per heavy atom. The van der Waals surface area contributed by atoms with E-state index < -0.39 is 11.8 Å². The number of nitrogens with zero attached hydrogens (tertiary/aromatic N) is 1. The predicted molar refractivity (Wildman–Crippen MR) is 99.8 cm³/mol. The van der Waals surface area contributed by atoms with E-state index in [1.165, 1.54) is 6.21 Å². The van der Waals surface area contributed by atoms with Crippen molar-refractivity contribution in [3.8, 4) is 11.5 Å². The number of hydrogen-bond donors (Lipinski definition) is 2. The van der Waals surface area contributed by atoms with Crippen LogP contribution in [0.4, 0.5) is 0 Å². The number of amides is 2. The fraction of sp³-hybridized carbons (Fsp3) is 0.211. The monoisotopic (exact) mass is 371 g/mol. The Balaban J connectivity index is 1.70. The summed E-state index contributed by atoms with van der Waals surface area (Å²) in [7, 11) is 1.58. The summed E-state index contributed by atoms with van der Waals surface area (Å²) in [6, 6.07) is 13.7. The van der Waals surface area contributed by atoms with Gasteiger partial charge in [-0.25, -0.2) is 0 Å². The summed E-state index contributed by atoms with van der Waals surface area (Å²) in [6.07, 6.45) is 1.46. The first-order valence-electron chi connectivity index (χ1n) is 8.23. The molecule has 8 heteroatoms. The number of ether oxygens (including phenoxy) is 2. The zero-order chi connectivity index (χ0) is 19.5. The number of methoxy groups -OCH3 is 1. The van der Waals surface area contributed by atoms with Crippen LogP contribution in [0, 0.1) is 0 Å². The van der Waals surface area contributed by atoms with Crippen molar-refractivity contribution < 1.29 is 23.9 Å². The van der Waals surface area contributed by atoms with Gasteiger partial charge in [-0.15, -0.1) is 0 Å². The molecule has 2 amide bonds. The molecule has 0 spiro atoms. The van der Waals surface area contributed by atoms with Crippen LogP contribution in [-0.2, 0) is 9.63 Å². The Morgan fingerprint density at radius 1 is 1.00 bits per heavy atom. The molecule has 0 aliphatic carbocycles. The molecule has 0 unspecified atom stereocenters. The van der Waals surface area contributed by atoms with Gasteiger partial charge in [-0.1, -0.05) is 5.16 Å². The fourth-order valence-corrected chi connectivity index (χ4v) is 1.99. The fourth-order valence-electron chi connectivity index (χ4n) is 1.99. The van der Waals surface area contributed by atoms with Crippen LogP contribution in [0.25, 0.3) is 0 Å². The molecule has 0 saturated heterocycles. The maximum absolute atomic E-state index is 11.9. The van der Waals surface area contributed by atoms with Crippen LogP contribution in [-0.4, -0.2) is 38.4 Å². The van der Waals surface area contributed by atoms with Crippen molar-refractivity contribution in [2.45, 2.75) is 6.92 Å². The summed E-state index contributed by atoms with van der Waals surface area (Å²) in [5.41, 5.74) is 5.72. The molecule has 0 saturated carbocycles. The second-order valence-corrected chi connectivity index (χ2v) is 5.24. The molecule has 27 heavy (non-hydrogen) atoms. The lowest BCUT2D eigenvalue weighted by Gasteiger charge is -2.07. The largest absolute Gasteiger partial charge is 0.497 e. The highest BCUT2D eigenvalue weighted by atomic mass is 16.6. The number of hydrazine groups is 1. The summed E-state index contributed by atoms with van der Waals surface area (Å²) in [4.78, 5) is 28.5. The number of carbonyl (C=O) groups is 2. The number of nitrogens with one attached hydrogen (secondary N) is 2. The molecule has 0 aliphatic rings. The topological polar surface area (TPSA) is 98.3 Å². The van der Waals surface area contributed by atoms with Crippen molar-refractivity contribution in [2.24, 2.45) is 5.16 Å². The van der Waals surface area contributed by atoms with Gasteiger partial charge < -0.3 is 14.3 Å². The van der Waals surface area contributed by atoms with E-state index in [2.05, 4.69) is 16.0 Å². The second kappa shape index (κ2) is 10.4. The molecular weight excluding hydrogens is 350 g/mol. The third kappa shape index (κ3) is 6.69. The van der Waals surface area contributed by atoms with Gasteiger partial charge in [0, 0.05) is 5.56 Å².